The number of hydrogen-bond acceptors (Lipinski definition) is 7. The number of rotatable bonds is 11. The smallest absolute Gasteiger partial charge is 0.354 e. The zero-order valence-electron chi connectivity index (χ0n) is 13.0. The van der Waals surface area contributed by atoms with Crippen molar-refractivity contribution in [2.45, 2.75) is 5.52 Å². The van der Waals surface area contributed by atoms with Crippen molar-refractivity contribution < 1.29 is 33.4 Å². The normalized spacial score (nSPS) is 15.6. The van der Waals surface area contributed by atoms with Crippen LogP contribution in [0.4, 0.5) is 0 Å². The van der Waals surface area contributed by atoms with Gasteiger partial charge in [-0.2, -0.15) is 25.3 Å². The van der Waals surface area contributed by atoms with E-state index in [2.05, 4.69) is 30.6 Å². The second-order valence-electron chi connectivity index (χ2n) is 4.98. The maximum atomic E-state index is 11.9. The fourth-order valence-corrected chi connectivity index (χ4v) is 5.01. The van der Waals surface area contributed by atoms with E-state index in [0.29, 0.717) is 18.1 Å². The lowest BCUT2D eigenvalue weighted by Crippen LogP contribution is -2.46. The Kier molecular flexibility index (Phi) is 10.8. The van der Waals surface area contributed by atoms with E-state index in [9.17, 15) is 23.6 Å². The van der Waals surface area contributed by atoms with Crippen LogP contribution in [0.15, 0.2) is 0 Å². The topological polar surface area (TPSA) is 156 Å². The summed E-state index contributed by atoms with van der Waals surface area (Å²) in [6, 6.07) is 0. The van der Waals surface area contributed by atoms with Gasteiger partial charge in [0, 0.05) is 31.3 Å². The molecule has 0 aliphatic heterocycles. The maximum Gasteiger partial charge on any atom is 0.357 e. The zero-order valence-corrected chi connectivity index (χ0v) is 16.6. The molecule has 0 bridgehead atoms. The highest BCUT2D eigenvalue weighted by Gasteiger charge is 2.42. The number of amides is 2. The van der Waals surface area contributed by atoms with Gasteiger partial charge in [0.25, 0.3) is 0 Å². The van der Waals surface area contributed by atoms with Crippen LogP contribution in [0.5, 0.6) is 0 Å². The van der Waals surface area contributed by atoms with Crippen molar-refractivity contribution in [3.05, 3.63) is 0 Å². The minimum atomic E-state index is -5.02. The van der Waals surface area contributed by atoms with Gasteiger partial charge in [-0.1, -0.05) is 0 Å². The van der Waals surface area contributed by atoms with E-state index in [-0.39, 0.29) is 25.5 Å². The Morgan fingerprint density at radius 2 is 1.62 bits per heavy atom. The molecular weight excluding hydrogens is 400 g/mol. The van der Waals surface area contributed by atoms with Crippen LogP contribution in [0.2, 0.25) is 0 Å². The molecule has 0 rings (SSSR count). The summed E-state index contributed by atoms with van der Waals surface area (Å²) in [5.41, 5.74) is -2.19. The maximum absolute atomic E-state index is 11.9. The van der Waals surface area contributed by atoms with Gasteiger partial charge in [-0.3, -0.25) is 23.6 Å². The van der Waals surface area contributed by atoms with Gasteiger partial charge in [0.2, 0.25) is 24.7 Å². The molecule has 24 heavy (non-hydrogen) atoms. The van der Waals surface area contributed by atoms with Crippen molar-refractivity contribution in [1.82, 2.24) is 15.5 Å². The molecule has 0 radical (unpaired) electrons. The van der Waals surface area contributed by atoms with Gasteiger partial charge < -0.3 is 25.3 Å². The minimum Gasteiger partial charge on any atom is -0.354 e. The van der Waals surface area contributed by atoms with E-state index in [1.807, 2.05) is 5.32 Å². The first kappa shape index (κ1) is 23.9. The number of carbonyl (C=O) groups excluding carboxylic acids is 2. The quantitative estimate of drug-likeness (QED) is 0.160. The molecule has 5 N–H and O–H groups in total. The summed E-state index contributed by atoms with van der Waals surface area (Å²) in [5.74, 6) is -0.455. The summed E-state index contributed by atoms with van der Waals surface area (Å²) in [4.78, 5) is 52.6. The first-order valence-corrected chi connectivity index (χ1v) is 11.9. The molecule has 142 valence electrons. The molecule has 0 aromatic carbocycles. The van der Waals surface area contributed by atoms with E-state index >= 15 is 0 Å². The van der Waals surface area contributed by atoms with Gasteiger partial charge >= 0.3 is 7.60 Å². The molecule has 2 atom stereocenters. The fourth-order valence-electron chi connectivity index (χ4n) is 1.69. The Bertz CT molecular complexity index is 503. The Balaban J connectivity index is 4.85. The summed E-state index contributed by atoms with van der Waals surface area (Å²) in [5, 5.41) is 4.44. The van der Waals surface area contributed by atoms with Crippen LogP contribution in [-0.4, -0.2) is 81.3 Å². The second kappa shape index (κ2) is 10.8. The van der Waals surface area contributed by atoms with Crippen molar-refractivity contribution in [2.75, 3.05) is 44.3 Å². The van der Waals surface area contributed by atoms with Gasteiger partial charge in [0.1, 0.15) is 0 Å². The van der Waals surface area contributed by atoms with Crippen molar-refractivity contribution in [3.8, 4) is 0 Å². The fraction of sp³-hybridized carbons (Fsp3) is 0.800. The highest BCUT2D eigenvalue weighted by Crippen LogP contribution is 2.58. The molecule has 14 heteroatoms. The van der Waals surface area contributed by atoms with Crippen LogP contribution >= 0.6 is 40.2 Å². The summed E-state index contributed by atoms with van der Waals surface area (Å²) in [7, 11) is -9.29. The Morgan fingerprint density at radius 3 is 2.04 bits per heavy atom. The number of hydrogen-bond donors (Lipinski definition) is 7. The molecule has 10 nitrogen and oxygen atoms in total. The van der Waals surface area contributed by atoms with Crippen LogP contribution in [0, 0.1) is 0 Å². The first-order chi connectivity index (χ1) is 10.9. The van der Waals surface area contributed by atoms with E-state index in [1.165, 1.54) is 4.90 Å². The monoisotopic (exact) mass is 423 g/mol. The molecule has 0 aliphatic carbocycles. The van der Waals surface area contributed by atoms with Crippen molar-refractivity contribution in [3.63, 3.8) is 0 Å². The van der Waals surface area contributed by atoms with Crippen LogP contribution in [0.25, 0.3) is 0 Å². The van der Waals surface area contributed by atoms with E-state index in [4.69, 9.17) is 9.79 Å². The highest BCUT2D eigenvalue weighted by molar-refractivity contribution is 7.80. The molecular formula is C10H23N3O7P2S2. The lowest BCUT2D eigenvalue weighted by atomic mass is 10.4. The average Bonchev–Trinajstić information content (AvgIpc) is 2.40. The van der Waals surface area contributed by atoms with Crippen LogP contribution in [-0.2, 0) is 18.7 Å². The molecule has 0 heterocycles. The lowest BCUT2D eigenvalue weighted by molar-refractivity contribution is -0.125. The van der Waals surface area contributed by atoms with Crippen molar-refractivity contribution in [2.24, 2.45) is 0 Å². The molecule has 0 aromatic rings. The largest absolute Gasteiger partial charge is 0.357 e. The second-order valence-corrected chi connectivity index (χ2v) is 10.4. The molecule has 0 saturated carbocycles. The molecule has 0 aliphatic rings. The lowest BCUT2D eigenvalue weighted by Gasteiger charge is -2.25. The predicted octanol–water partition coefficient (Wildman–Crippen LogP) is -1.26. The Labute approximate surface area is 151 Å². The first-order valence-electron chi connectivity index (χ1n) is 6.77. The number of thiol groups is 2. The number of nitrogens with one attached hydrogen (secondary N) is 2. The van der Waals surface area contributed by atoms with Gasteiger partial charge in [0.05, 0.1) is 13.1 Å². The third-order valence-corrected chi connectivity index (χ3v) is 7.06. The standard InChI is InChI=1S/C10H23N3O7P2S2/c1-21(16,17)10(22(18,19)20)12-9(15)7-13(3-5-24)6-8(14)11-2-4-23/h10,23-24H,2-7H2,1H3,(H,11,14)(H,12,15)(H,16,17)(H2,18,19,20). The van der Waals surface area contributed by atoms with Crippen molar-refractivity contribution in [1.29, 1.82) is 0 Å². The minimum absolute atomic E-state index is 0.134. The molecule has 0 saturated heterocycles. The number of carbonyl (C=O) groups is 2. The van der Waals surface area contributed by atoms with Crippen LogP contribution in [0.3, 0.4) is 0 Å². The summed E-state index contributed by atoms with van der Waals surface area (Å²) >= 11 is 7.96. The molecule has 0 fully saturated rings. The molecule has 0 aromatic heterocycles. The predicted molar refractivity (Wildman–Crippen MR) is 96.9 cm³/mol. The summed E-state index contributed by atoms with van der Waals surface area (Å²) in [6.07, 6.45) is 0. The van der Waals surface area contributed by atoms with E-state index in [1.54, 1.807) is 0 Å². The van der Waals surface area contributed by atoms with Gasteiger partial charge in [-0.15, -0.1) is 0 Å². The van der Waals surface area contributed by atoms with Gasteiger partial charge in [0.15, 0.2) is 0 Å². The molecule has 0 spiro atoms. The van der Waals surface area contributed by atoms with E-state index in [0.717, 1.165) is 6.66 Å². The average molecular weight is 423 g/mol. The molecule has 2 unspecified atom stereocenters. The third-order valence-electron chi connectivity index (χ3n) is 2.65. The van der Waals surface area contributed by atoms with E-state index < -0.39 is 26.4 Å². The Hall–Kier alpha value is -0.0600. The highest BCUT2D eigenvalue weighted by atomic mass is 32.1. The molecule has 2 amide bonds. The van der Waals surface area contributed by atoms with Gasteiger partial charge in [-0.05, 0) is 0 Å². The van der Waals surface area contributed by atoms with Crippen molar-refractivity contribution >= 4 is 52.0 Å². The van der Waals surface area contributed by atoms with Gasteiger partial charge in [-0.25, -0.2) is 0 Å². The van der Waals surface area contributed by atoms with Crippen LogP contribution in [0.1, 0.15) is 0 Å². The van der Waals surface area contributed by atoms with Crippen LogP contribution < -0.4 is 10.6 Å². The SMILES string of the molecule is CP(=O)(O)C(NC(=O)CN(CCS)CC(=O)NCCS)P(=O)(O)O. The zero-order chi connectivity index (χ0) is 19.0. The third kappa shape index (κ3) is 10.0. The Morgan fingerprint density at radius 1 is 1.08 bits per heavy atom. The summed E-state index contributed by atoms with van der Waals surface area (Å²) < 4.78 is 22.8. The number of nitrogens with zero attached hydrogens (tertiary/aromatic N) is 1. The summed E-state index contributed by atoms with van der Waals surface area (Å²) in [6.45, 7) is 0.838.